The zero-order chi connectivity index (χ0) is 17.8. The van der Waals surface area contributed by atoms with Gasteiger partial charge in [0.05, 0.1) is 10.2 Å². The average Bonchev–Trinajstić information content (AvgIpc) is 2.96. The normalized spacial score (nSPS) is 18.6. The average molecular weight is 360 g/mol. The van der Waals surface area contributed by atoms with Crippen LogP contribution in [0.15, 0.2) is 29.4 Å². The molecule has 2 amide bonds. The van der Waals surface area contributed by atoms with Gasteiger partial charge in [0.25, 0.3) is 5.91 Å². The van der Waals surface area contributed by atoms with Crippen LogP contribution in [0.5, 0.6) is 0 Å². The Bertz CT molecular complexity index is 839. The largest absolute Gasteiger partial charge is 0.331 e. The third kappa shape index (κ3) is 3.76. The van der Waals surface area contributed by atoms with Gasteiger partial charge in [-0.1, -0.05) is 30.4 Å². The van der Waals surface area contributed by atoms with Crippen LogP contribution in [-0.4, -0.2) is 33.9 Å². The molecule has 0 radical (unpaired) electrons. The Labute approximate surface area is 151 Å². The molecule has 1 aliphatic rings. The number of piperidine rings is 1. The number of nitrogens with one attached hydrogen (secondary N) is 1. The third-order valence-corrected chi connectivity index (χ3v) is 5.68. The van der Waals surface area contributed by atoms with Crippen LogP contribution in [-0.2, 0) is 16.6 Å². The maximum Gasteiger partial charge on any atom is 0.262 e. The number of benzene rings is 1. The van der Waals surface area contributed by atoms with Crippen molar-refractivity contribution in [2.45, 2.75) is 45.1 Å². The van der Waals surface area contributed by atoms with Crippen LogP contribution in [0.1, 0.15) is 39.0 Å². The van der Waals surface area contributed by atoms with Crippen molar-refractivity contribution >= 4 is 33.4 Å². The number of carbonyl (C=O) groups is 2. The van der Waals surface area contributed by atoms with Gasteiger partial charge in [-0.15, -0.1) is 5.10 Å². The number of para-hydroxylation sites is 1. The fraction of sp³-hybridized carbons (Fsp3) is 0.500. The van der Waals surface area contributed by atoms with Gasteiger partial charge in [-0.3, -0.25) is 9.59 Å². The molecule has 1 atom stereocenters. The molecule has 1 N–H and O–H groups in total. The molecule has 6 nitrogen and oxygen atoms in total. The van der Waals surface area contributed by atoms with Gasteiger partial charge in [0, 0.05) is 20.0 Å². The first-order valence-electron chi connectivity index (χ1n) is 8.79. The number of fused-ring (bicyclic) bond motifs is 1. The van der Waals surface area contributed by atoms with E-state index in [9.17, 15) is 9.59 Å². The number of nitrogens with zero attached hydrogens (tertiary/aromatic N) is 3. The van der Waals surface area contributed by atoms with E-state index in [0.29, 0.717) is 19.4 Å². The van der Waals surface area contributed by atoms with Crippen LogP contribution in [0, 0.1) is 0 Å². The molecule has 1 aromatic carbocycles. The Hall–Kier alpha value is -2.15. The SMILES string of the molecule is CCCC(=O)N1CCCCC1C(=O)NN=c1sc2ccccc2n1C. The molecule has 2 heterocycles. The van der Waals surface area contributed by atoms with E-state index >= 15 is 0 Å². The van der Waals surface area contributed by atoms with Crippen molar-refractivity contribution < 1.29 is 9.59 Å². The predicted molar refractivity (Wildman–Crippen MR) is 98.8 cm³/mol. The molecule has 0 saturated carbocycles. The van der Waals surface area contributed by atoms with Gasteiger partial charge >= 0.3 is 0 Å². The lowest BCUT2D eigenvalue weighted by Crippen LogP contribution is -2.51. The van der Waals surface area contributed by atoms with Gasteiger partial charge < -0.3 is 9.47 Å². The number of aryl methyl sites for hydroxylation is 1. The van der Waals surface area contributed by atoms with Crippen LogP contribution in [0.3, 0.4) is 0 Å². The molecule has 3 rings (SSSR count). The number of hydrogen-bond acceptors (Lipinski definition) is 4. The smallest absolute Gasteiger partial charge is 0.262 e. The standard InChI is InChI=1S/C18H24N4O2S/c1-3-8-16(23)22-12-7-6-10-14(22)17(24)19-20-18-21(2)13-9-4-5-11-15(13)25-18/h4-5,9,11,14H,3,6-8,10,12H2,1-2H3,(H,19,24). The Morgan fingerprint density at radius 1 is 1.32 bits per heavy atom. The highest BCUT2D eigenvalue weighted by Gasteiger charge is 2.31. The van der Waals surface area contributed by atoms with Crippen LogP contribution in [0.4, 0.5) is 0 Å². The number of carbonyl (C=O) groups excluding carboxylic acids is 2. The summed E-state index contributed by atoms with van der Waals surface area (Å²) in [6.45, 7) is 2.64. The highest BCUT2D eigenvalue weighted by atomic mass is 32.1. The van der Waals surface area contributed by atoms with Crippen LogP contribution < -0.4 is 10.2 Å². The van der Waals surface area contributed by atoms with Gasteiger partial charge in [0.2, 0.25) is 10.7 Å². The molecule has 134 valence electrons. The van der Waals surface area contributed by atoms with Crippen molar-refractivity contribution in [3.05, 3.63) is 29.1 Å². The first-order chi connectivity index (χ1) is 12.1. The number of thiazole rings is 1. The minimum Gasteiger partial charge on any atom is -0.331 e. The fourth-order valence-corrected chi connectivity index (χ4v) is 4.21. The van der Waals surface area contributed by atoms with Gasteiger partial charge in [0.15, 0.2) is 0 Å². The molecule has 7 heteroatoms. The van der Waals surface area contributed by atoms with Crippen molar-refractivity contribution in [3.8, 4) is 0 Å². The monoisotopic (exact) mass is 360 g/mol. The number of hydrogen-bond donors (Lipinski definition) is 1. The number of aromatic nitrogens is 1. The fourth-order valence-electron chi connectivity index (χ4n) is 3.23. The molecule has 2 aromatic rings. The summed E-state index contributed by atoms with van der Waals surface area (Å²) in [7, 11) is 1.93. The van der Waals surface area contributed by atoms with E-state index in [2.05, 4.69) is 10.5 Å². The van der Waals surface area contributed by atoms with Crippen molar-refractivity contribution in [2.24, 2.45) is 12.1 Å². The molecule has 25 heavy (non-hydrogen) atoms. The molecule has 0 aliphatic carbocycles. The maximum atomic E-state index is 12.6. The zero-order valence-electron chi connectivity index (χ0n) is 14.7. The summed E-state index contributed by atoms with van der Waals surface area (Å²) in [5, 5.41) is 4.30. The third-order valence-electron chi connectivity index (χ3n) is 4.57. The summed E-state index contributed by atoms with van der Waals surface area (Å²) in [6.07, 6.45) is 3.92. The number of amides is 2. The van der Waals surface area contributed by atoms with E-state index in [1.807, 2.05) is 42.8 Å². The van der Waals surface area contributed by atoms with Gasteiger partial charge in [-0.2, -0.15) is 0 Å². The Balaban J connectivity index is 1.78. The lowest BCUT2D eigenvalue weighted by atomic mass is 10.0. The van der Waals surface area contributed by atoms with Crippen molar-refractivity contribution in [1.29, 1.82) is 0 Å². The zero-order valence-corrected chi connectivity index (χ0v) is 15.5. The van der Waals surface area contributed by atoms with Crippen LogP contribution in [0.2, 0.25) is 0 Å². The molecule has 0 spiro atoms. The highest BCUT2D eigenvalue weighted by Crippen LogP contribution is 2.19. The van der Waals surface area contributed by atoms with Gasteiger partial charge in [0.1, 0.15) is 6.04 Å². The minimum absolute atomic E-state index is 0.0646. The number of rotatable bonds is 4. The summed E-state index contributed by atoms with van der Waals surface area (Å²) in [6, 6.07) is 7.62. The molecule has 1 saturated heterocycles. The lowest BCUT2D eigenvalue weighted by Gasteiger charge is -2.34. The first-order valence-corrected chi connectivity index (χ1v) is 9.61. The summed E-state index contributed by atoms with van der Waals surface area (Å²) < 4.78 is 3.08. The maximum absolute atomic E-state index is 12.6. The van der Waals surface area contributed by atoms with Crippen molar-refractivity contribution in [3.63, 3.8) is 0 Å². The molecule has 1 aliphatic heterocycles. The second kappa shape index (κ2) is 7.82. The lowest BCUT2D eigenvalue weighted by molar-refractivity contribution is -0.142. The second-order valence-electron chi connectivity index (χ2n) is 6.35. The molecule has 0 bridgehead atoms. The predicted octanol–water partition coefficient (Wildman–Crippen LogP) is 2.35. The quantitative estimate of drug-likeness (QED) is 0.851. The van der Waals surface area contributed by atoms with Gasteiger partial charge in [-0.05, 0) is 37.8 Å². The highest BCUT2D eigenvalue weighted by molar-refractivity contribution is 7.16. The summed E-state index contributed by atoms with van der Waals surface area (Å²) >= 11 is 1.53. The van der Waals surface area contributed by atoms with E-state index in [-0.39, 0.29) is 11.8 Å². The molecule has 1 fully saturated rings. The minimum atomic E-state index is -0.406. The van der Waals surface area contributed by atoms with E-state index < -0.39 is 6.04 Å². The van der Waals surface area contributed by atoms with E-state index in [0.717, 1.165) is 34.3 Å². The molecular weight excluding hydrogens is 336 g/mol. The first kappa shape index (κ1) is 17.7. The summed E-state index contributed by atoms with van der Waals surface area (Å²) in [5.41, 5.74) is 3.76. The second-order valence-corrected chi connectivity index (χ2v) is 7.36. The van der Waals surface area contributed by atoms with E-state index in [4.69, 9.17) is 0 Å². The number of likely N-dealkylation sites (tertiary alicyclic amines) is 1. The van der Waals surface area contributed by atoms with Crippen LogP contribution in [0.25, 0.3) is 10.2 Å². The topological polar surface area (TPSA) is 66.7 Å². The molecule has 1 aromatic heterocycles. The Kier molecular flexibility index (Phi) is 5.53. The molecular formula is C18H24N4O2S. The van der Waals surface area contributed by atoms with Gasteiger partial charge in [-0.25, -0.2) is 5.43 Å². The van der Waals surface area contributed by atoms with Crippen molar-refractivity contribution in [1.82, 2.24) is 14.9 Å². The Morgan fingerprint density at radius 3 is 2.88 bits per heavy atom. The van der Waals surface area contributed by atoms with E-state index in [1.54, 1.807) is 4.90 Å². The Morgan fingerprint density at radius 2 is 2.12 bits per heavy atom. The van der Waals surface area contributed by atoms with E-state index in [1.165, 1.54) is 11.3 Å². The molecule has 1 unspecified atom stereocenters. The van der Waals surface area contributed by atoms with Crippen LogP contribution >= 0.6 is 11.3 Å². The van der Waals surface area contributed by atoms with Crippen molar-refractivity contribution in [2.75, 3.05) is 6.54 Å². The summed E-state index contributed by atoms with van der Waals surface area (Å²) in [5.74, 6) is -0.128. The summed E-state index contributed by atoms with van der Waals surface area (Å²) in [4.78, 5) is 27.3.